The lowest BCUT2D eigenvalue weighted by Crippen LogP contribution is -2.29. The van der Waals surface area contributed by atoms with Crippen molar-refractivity contribution in [3.63, 3.8) is 0 Å². The van der Waals surface area contributed by atoms with Crippen LogP contribution in [-0.2, 0) is 6.61 Å². The fraction of sp³-hybridized carbons (Fsp3) is 0.231. The first-order valence-electron chi connectivity index (χ1n) is 11.1. The van der Waals surface area contributed by atoms with Crippen LogP contribution in [0, 0.1) is 16.0 Å². The fourth-order valence-corrected chi connectivity index (χ4v) is 6.24. The summed E-state index contributed by atoms with van der Waals surface area (Å²) in [4.78, 5) is 11.0. The molecule has 0 saturated heterocycles. The van der Waals surface area contributed by atoms with Crippen molar-refractivity contribution < 1.29 is 14.4 Å². The standard InChI is InChI=1S/C26H20BrCl3N2O4/c1-35-23-8-14(7-20(27)26(23)36-12-13-5-6-15(28)9-21(13)29)24-18-4-2-3-17(18)19-10-16(32(33)34)11-22(30)25(19)31-24/h2-3,5-11,17-18,24,31H,4,12H2,1H3/t17-,18+,24+/m1/s1. The number of nitro benzene ring substituents is 1. The molecule has 10 heteroatoms. The number of ether oxygens (including phenoxy) is 2. The molecule has 3 aromatic rings. The van der Waals surface area contributed by atoms with Gasteiger partial charge in [0.2, 0.25) is 0 Å². The highest BCUT2D eigenvalue weighted by Gasteiger charge is 2.40. The molecule has 5 rings (SSSR count). The Balaban J connectivity index is 1.48. The van der Waals surface area contributed by atoms with Crippen molar-refractivity contribution in [3.8, 4) is 11.5 Å². The predicted octanol–water partition coefficient (Wildman–Crippen LogP) is 8.73. The fourth-order valence-electron chi connectivity index (χ4n) is 4.92. The Labute approximate surface area is 231 Å². The maximum atomic E-state index is 11.4. The zero-order valence-corrected chi connectivity index (χ0v) is 22.8. The van der Waals surface area contributed by atoms with Crippen molar-refractivity contribution in [3.05, 3.63) is 101 Å². The summed E-state index contributed by atoms with van der Waals surface area (Å²) in [6.07, 6.45) is 5.05. The molecule has 0 bridgehead atoms. The summed E-state index contributed by atoms with van der Waals surface area (Å²) in [5, 5.41) is 16.4. The molecule has 0 aromatic heterocycles. The smallest absolute Gasteiger partial charge is 0.271 e. The van der Waals surface area contributed by atoms with Gasteiger partial charge in [0.1, 0.15) is 6.61 Å². The molecule has 1 heterocycles. The van der Waals surface area contributed by atoms with E-state index in [1.165, 1.54) is 6.07 Å². The molecule has 0 fully saturated rings. The summed E-state index contributed by atoms with van der Waals surface area (Å²) < 4.78 is 12.5. The maximum absolute atomic E-state index is 11.4. The molecule has 1 aliphatic carbocycles. The molecule has 0 unspecified atom stereocenters. The highest BCUT2D eigenvalue weighted by molar-refractivity contribution is 9.10. The Morgan fingerprint density at radius 1 is 1.14 bits per heavy atom. The summed E-state index contributed by atoms with van der Waals surface area (Å²) >= 11 is 22.5. The lowest BCUT2D eigenvalue weighted by Gasteiger charge is -2.38. The monoisotopic (exact) mass is 608 g/mol. The number of fused-ring (bicyclic) bond motifs is 3. The molecular formula is C26H20BrCl3N2O4. The first-order valence-corrected chi connectivity index (χ1v) is 13.0. The van der Waals surface area contributed by atoms with Gasteiger partial charge in [-0.2, -0.15) is 0 Å². The molecule has 1 aliphatic heterocycles. The van der Waals surface area contributed by atoms with Gasteiger partial charge in [-0.1, -0.05) is 53.0 Å². The number of nitro groups is 1. The molecule has 1 N–H and O–H groups in total. The quantitative estimate of drug-likeness (QED) is 0.172. The van der Waals surface area contributed by atoms with Crippen molar-refractivity contribution >= 4 is 62.1 Å². The summed E-state index contributed by atoms with van der Waals surface area (Å²) in [7, 11) is 1.59. The normalized spacial score (nSPS) is 19.9. The minimum absolute atomic E-state index is 0.00949. The lowest BCUT2D eigenvalue weighted by atomic mass is 9.77. The van der Waals surface area contributed by atoms with Crippen molar-refractivity contribution in [1.29, 1.82) is 0 Å². The number of halogens is 4. The van der Waals surface area contributed by atoms with E-state index >= 15 is 0 Å². The van der Waals surface area contributed by atoms with E-state index in [4.69, 9.17) is 44.3 Å². The summed E-state index contributed by atoms with van der Waals surface area (Å²) in [5.74, 6) is 1.29. The first-order chi connectivity index (χ1) is 17.3. The van der Waals surface area contributed by atoms with Crippen LogP contribution >= 0.6 is 50.7 Å². The van der Waals surface area contributed by atoms with Crippen molar-refractivity contribution in [2.24, 2.45) is 5.92 Å². The lowest BCUT2D eigenvalue weighted by molar-refractivity contribution is -0.384. The zero-order chi connectivity index (χ0) is 25.6. The van der Waals surface area contributed by atoms with Gasteiger partial charge in [0.05, 0.1) is 33.3 Å². The molecule has 2 aliphatic rings. The average Bonchev–Trinajstić information content (AvgIpc) is 3.33. The van der Waals surface area contributed by atoms with Gasteiger partial charge in [-0.05, 0) is 63.7 Å². The number of allylic oxidation sites excluding steroid dienone is 2. The average molecular weight is 611 g/mol. The second kappa shape index (κ2) is 10.1. The third-order valence-corrected chi connectivity index (χ3v) is 8.09. The van der Waals surface area contributed by atoms with E-state index in [0.29, 0.717) is 32.3 Å². The third-order valence-electron chi connectivity index (χ3n) is 6.61. The van der Waals surface area contributed by atoms with Crippen LogP contribution in [0.4, 0.5) is 11.4 Å². The van der Waals surface area contributed by atoms with Gasteiger partial charge >= 0.3 is 0 Å². The van der Waals surface area contributed by atoms with Gasteiger partial charge in [-0.15, -0.1) is 0 Å². The van der Waals surface area contributed by atoms with Crippen molar-refractivity contribution in [2.45, 2.75) is 25.0 Å². The van der Waals surface area contributed by atoms with E-state index in [0.717, 1.165) is 27.6 Å². The number of rotatable bonds is 6. The highest BCUT2D eigenvalue weighted by Crippen LogP contribution is 2.53. The van der Waals surface area contributed by atoms with Crippen LogP contribution in [0.1, 0.15) is 35.1 Å². The number of non-ortho nitro benzene ring substituents is 1. The largest absolute Gasteiger partial charge is 0.493 e. The van der Waals surface area contributed by atoms with Gasteiger partial charge in [0.25, 0.3) is 5.69 Å². The van der Waals surface area contributed by atoms with Crippen LogP contribution in [0.15, 0.2) is 59.1 Å². The number of hydrogen-bond donors (Lipinski definition) is 1. The van der Waals surface area contributed by atoms with Crippen molar-refractivity contribution in [2.75, 3.05) is 12.4 Å². The Morgan fingerprint density at radius 2 is 1.94 bits per heavy atom. The van der Waals surface area contributed by atoms with Crippen LogP contribution < -0.4 is 14.8 Å². The maximum Gasteiger partial charge on any atom is 0.271 e. The van der Waals surface area contributed by atoms with Gasteiger partial charge < -0.3 is 14.8 Å². The number of anilines is 1. The molecule has 186 valence electrons. The summed E-state index contributed by atoms with van der Waals surface area (Å²) in [6, 6.07) is 12.1. The van der Waals surface area contributed by atoms with Gasteiger partial charge in [-0.25, -0.2) is 0 Å². The van der Waals surface area contributed by atoms with Gasteiger partial charge in [0, 0.05) is 33.7 Å². The topological polar surface area (TPSA) is 73.6 Å². The van der Waals surface area contributed by atoms with Crippen LogP contribution in [0.5, 0.6) is 11.5 Å². The Morgan fingerprint density at radius 3 is 2.67 bits per heavy atom. The molecule has 0 amide bonds. The van der Waals surface area contributed by atoms with Crippen molar-refractivity contribution in [1.82, 2.24) is 0 Å². The number of nitrogens with zero attached hydrogens (tertiary/aromatic N) is 1. The number of hydrogen-bond acceptors (Lipinski definition) is 5. The third kappa shape index (κ3) is 4.65. The minimum atomic E-state index is -0.413. The SMILES string of the molecule is COc1cc([C@@H]2Nc3c(Cl)cc([N+](=O)[O-])cc3[C@@H]3C=CC[C@@H]32)cc(Br)c1OCc1ccc(Cl)cc1Cl. The number of methoxy groups -OCH3 is 1. The number of nitrogens with one attached hydrogen (secondary N) is 1. The second-order valence-electron chi connectivity index (χ2n) is 8.68. The van der Waals surface area contributed by atoms with E-state index < -0.39 is 4.92 Å². The van der Waals surface area contributed by atoms with E-state index in [-0.39, 0.29) is 30.2 Å². The molecule has 0 spiro atoms. The van der Waals surface area contributed by atoms with Gasteiger partial charge in [0.15, 0.2) is 11.5 Å². The number of benzene rings is 3. The predicted molar refractivity (Wildman–Crippen MR) is 146 cm³/mol. The zero-order valence-electron chi connectivity index (χ0n) is 18.9. The van der Waals surface area contributed by atoms with Crippen LogP contribution in [0.25, 0.3) is 0 Å². The molecular weight excluding hydrogens is 591 g/mol. The molecule has 0 saturated carbocycles. The highest BCUT2D eigenvalue weighted by atomic mass is 79.9. The Bertz CT molecular complexity index is 1400. The van der Waals surface area contributed by atoms with Crippen LogP contribution in [0.2, 0.25) is 15.1 Å². The van der Waals surface area contributed by atoms with Crippen LogP contribution in [-0.4, -0.2) is 12.0 Å². The molecule has 36 heavy (non-hydrogen) atoms. The van der Waals surface area contributed by atoms with E-state index in [1.54, 1.807) is 25.3 Å². The Kier molecular flexibility index (Phi) is 7.10. The molecule has 3 atom stereocenters. The second-order valence-corrected chi connectivity index (χ2v) is 10.8. The molecule has 3 aromatic carbocycles. The molecule has 6 nitrogen and oxygen atoms in total. The molecule has 0 radical (unpaired) electrons. The minimum Gasteiger partial charge on any atom is -0.493 e. The first kappa shape index (κ1) is 25.2. The van der Waals surface area contributed by atoms with E-state index in [2.05, 4.69) is 33.4 Å². The summed E-state index contributed by atoms with van der Waals surface area (Å²) in [6.45, 7) is 0.238. The van der Waals surface area contributed by atoms with Crippen LogP contribution in [0.3, 0.4) is 0 Å². The van der Waals surface area contributed by atoms with E-state index in [9.17, 15) is 10.1 Å². The Hall–Kier alpha value is -2.45. The summed E-state index contributed by atoms with van der Waals surface area (Å²) in [5.41, 5.74) is 3.33. The van der Waals surface area contributed by atoms with E-state index in [1.807, 2.05) is 18.2 Å². The van der Waals surface area contributed by atoms with Gasteiger partial charge in [-0.3, -0.25) is 10.1 Å².